The third kappa shape index (κ3) is 4.84. The van der Waals surface area contributed by atoms with Crippen LogP contribution in [-0.4, -0.2) is 55.4 Å². The lowest BCUT2D eigenvalue weighted by Crippen LogP contribution is -2.47. The number of amides is 1. The molecule has 1 atom stereocenters. The molecule has 0 N–H and O–H groups in total. The van der Waals surface area contributed by atoms with E-state index in [0.29, 0.717) is 35.0 Å². The second-order valence-corrected chi connectivity index (χ2v) is 11.9. The number of thiazole rings is 1. The number of anilines is 1. The van der Waals surface area contributed by atoms with Crippen LogP contribution in [0.3, 0.4) is 0 Å². The number of fused-ring (bicyclic) bond motifs is 1. The minimum Gasteiger partial charge on any atom is -0.495 e. The minimum absolute atomic E-state index is 0.177. The van der Waals surface area contributed by atoms with E-state index in [9.17, 15) is 13.2 Å². The van der Waals surface area contributed by atoms with E-state index in [1.807, 2.05) is 13.0 Å². The number of benzene rings is 2. The van der Waals surface area contributed by atoms with Gasteiger partial charge in [-0.15, -0.1) is 0 Å². The lowest BCUT2D eigenvalue weighted by Gasteiger charge is -2.28. The van der Waals surface area contributed by atoms with Crippen molar-refractivity contribution in [1.29, 1.82) is 0 Å². The first-order chi connectivity index (χ1) is 18.3. The summed E-state index contributed by atoms with van der Waals surface area (Å²) in [6.45, 7) is 2.36. The van der Waals surface area contributed by atoms with Gasteiger partial charge in [-0.1, -0.05) is 35.1 Å². The molecule has 2 aromatic carbocycles. The van der Waals surface area contributed by atoms with Crippen molar-refractivity contribution < 1.29 is 22.7 Å². The quantitative estimate of drug-likeness (QED) is 0.319. The summed E-state index contributed by atoms with van der Waals surface area (Å²) in [5, 5.41) is 0.427. The molecule has 9 nitrogen and oxygen atoms in total. The Morgan fingerprint density at radius 3 is 2.53 bits per heavy atom. The predicted octanol–water partition coefficient (Wildman–Crippen LogP) is 4.40. The molecule has 1 aliphatic rings. The van der Waals surface area contributed by atoms with Crippen LogP contribution in [0.5, 0.6) is 11.5 Å². The van der Waals surface area contributed by atoms with Crippen LogP contribution < -0.4 is 14.4 Å². The number of ether oxygens (including phenoxy) is 2. The SMILES string of the molecule is COc1ccc(OC)c2sc(N(Cc3cccnc3)C(=O)C3CCCN3S(=O)(=O)c3ccc(C)cc3)nc12. The van der Waals surface area contributed by atoms with Gasteiger partial charge in [0.15, 0.2) is 5.13 Å². The standard InChI is InChI=1S/C27H28N4O5S2/c1-18-8-10-20(11-9-18)38(33,34)31-15-5-7-21(31)26(32)30(17-19-6-4-14-28-16-19)27-29-24-22(35-2)12-13-23(36-3)25(24)37-27/h4,6,8-14,16,21H,5,7,15,17H2,1-3H3. The highest BCUT2D eigenvalue weighted by Crippen LogP contribution is 2.41. The van der Waals surface area contributed by atoms with Gasteiger partial charge in [-0.3, -0.25) is 14.7 Å². The van der Waals surface area contributed by atoms with Crippen LogP contribution in [-0.2, 0) is 21.4 Å². The van der Waals surface area contributed by atoms with Gasteiger partial charge in [-0.2, -0.15) is 4.31 Å². The first-order valence-corrected chi connectivity index (χ1v) is 14.4. The summed E-state index contributed by atoms with van der Waals surface area (Å²) in [6, 6.07) is 13.1. The maximum atomic E-state index is 14.2. The van der Waals surface area contributed by atoms with Gasteiger partial charge in [0, 0.05) is 18.9 Å². The Labute approximate surface area is 225 Å². The normalized spacial score (nSPS) is 16.0. The molecular formula is C27H28N4O5S2. The van der Waals surface area contributed by atoms with Gasteiger partial charge in [0.25, 0.3) is 0 Å². The summed E-state index contributed by atoms with van der Waals surface area (Å²) < 4.78 is 40.3. The van der Waals surface area contributed by atoms with Gasteiger partial charge < -0.3 is 9.47 Å². The number of methoxy groups -OCH3 is 2. The predicted molar refractivity (Wildman–Crippen MR) is 146 cm³/mol. The minimum atomic E-state index is -3.87. The number of aryl methyl sites for hydroxylation is 1. The first-order valence-electron chi connectivity index (χ1n) is 12.1. The second kappa shape index (κ2) is 10.7. The van der Waals surface area contributed by atoms with E-state index < -0.39 is 16.1 Å². The molecule has 5 rings (SSSR count). The summed E-state index contributed by atoms with van der Waals surface area (Å²) in [4.78, 5) is 24.9. The highest BCUT2D eigenvalue weighted by molar-refractivity contribution is 7.89. The zero-order valence-corrected chi connectivity index (χ0v) is 23.0. The number of hydrogen-bond donors (Lipinski definition) is 0. The molecule has 0 spiro atoms. The maximum absolute atomic E-state index is 14.2. The molecule has 4 aromatic rings. The van der Waals surface area contributed by atoms with Crippen LogP contribution in [0.15, 0.2) is 65.8 Å². The Balaban J connectivity index is 1.56. The Hall–Kier alpha value is -3.54. The summed E-state index contributed by atoms with van der Waals surface area (Å²) in [5.74, 6) is 0.836. The van der Waals surface area contributed by atoms with Gasteiger partial charge in [0.1, 0.15) is 27.8 Å². The first kappa shape index (κ1) is 26.1. The van der Waals surface area contributed by atoms with E-state index in [0.717, 1.165) is 15.8 Å². The summed E-state index contributed by atoms with van der Waals surface area (Å²) >= 11 is 1.30. The average molecular weight is 553 g/mol. The van der Waals surface area contributed by atoms with E-state index in [2.05, 4.69) is 4.98 Å². The molecule has 1 unspecified atom stereocenters. The molecule has 1 amide bonds. The highest BCUT2D eigenvalue weighted by Gasteiger charge is 2.42. The van der Waals surface area contributed by atoms with Gasteiger partial charge >= 0.3 is 0 Å². The largest absolute Gasteiger partial charge is 0.495 e. The second-order valence-electron chi connectivity index (χ2n) is 9.02. The highest BCUT2D eigenvalue weighted by atomic mass is 32.2. The summed E-state index contributed by atoms with van der Waals surface area (Å²) in [5.41, 5.74) is 2.33. The lowest BCUT2D eigenvalue weighted by atomic mass is 10.2. The van der Waals surface area contributed by atoms with E-state index >= 15 is 0 Å². The zero-order valence-electron chi connectivity index (χ0n) is 21.3. The van der Waals surface area contributed by atoms with Crippen molar-refractivity contribution in [2.24, 2.45) is 0 Å². The smallest absolute Gasteiger partial charge is 0.247 e. The van der Waals surface area contributed by atoms with Crippen molar-refractivity contribution in [2.75, 3.05) is 25.7 Å². The van der Waals surface area contributed by atoms with E-state index in [-0.39, 0.29) is 23.9 Å². The van der Waals surface area contributed by atoms with Crippen LogP contribution >= 0.6 is 11.3 Å². The third-order valence-electron chi connectivity index (χ3n) is 6.58. The fourth-order valence-corrected chi connectivity index (χ4v) is 7.33. The van der Waals surface area contributed by atoms with Crippen molar-refractivity contribution in [3.8, 4) is 11.5 Å². The maximum Gasteiger partial charge on any atom is 0.247 e. The molecule has 0 saturated carbocycles. The van der Waals surface area contributed by atoms with Gasteiger partial charge in [-0.25, -0.2) is 13.4 Å². The molecule has 2 aromatic heterocycles. The van der Waals surface area contributed by atoms with Crippen LogP contribution in [0.4, 0.5) is 5.13 Å². The number of carbonyl (C=O) groups excluding carboxylic acids is 1. The average Bonchev–Trinajstić information content (AvgIpc) is 3.60. The molecule has 1 aliphatic heterocycles. The molecule has 1 fully saturated rings. The number of rotatable bonds is 8. The molecule has 0 radical (unpaired) electrons. The Kier molecular flexibility index (Phi) is 7.33. The molecule has 198 valence electrons. The Morgan fingerprint density at radius 1 is 1.11 bits per heavy atom. The van der Waals surface area contributed by atoms with E-state index in [1.54, 1.807) is 74.0 Å². The number of carbonyl (C=O) groups is 1. The van der Waals surface area contributed by atoms with Crippen molar-refractivity contribution in [1.82, 2.24) is 14.3 Å². The molecule has 11 heteroatoms. The zero-order chi connectivity index (χ0) is 26.9. The van der Waals surface area contributed by atoms with Crippen molar-refractivity contribution in [3.05, 3.63) is 72.1 Å². The number of sulfonamides is 1. The Bertz CT molecular complexity index is 1510. The Morgan fingerprint density at radius 2 is 1.84 bits per heavy atom. The van der Waals surface area contributed by atoms with Gasteiger partial charge in [0.05, 0.1) is 25.7 Å². The number of aromatic nitrogens is 2. The van der Waals surface area contributed by atoms with Crippen LogP contribution in [0, 0.1) is 6.92 Å². The molecule has 3 heterocycles. The lowest BCUT2D eigenvalue weighted by molar-refractivity contribution is -0.121. The van der Waals surface area contributed by atoms with Crippen LogP contribution in [0.25, 0.3) is 10.2 Å². The topological polar surface area (TPSA) is 102 Å². The third-order valence-corrected chi connectivity index (χ3v) is 9.59. The molecular weight excluding hydrogens is 524 g/mol. The van der Waals surface area contributed by atoms with Crippen LogP contribution in [0.1, 0.15) is 24.0 Å². The van der Waals surface area contributed by atoms with Crippen molar-refractivity contribution >= 4 is 42.6 Å². The monoisotopic (exact) mass is 552 g/mol. The summed E-state index contributed by atoms with van der Waals surface area (Å²) in [7, 11) is -0.732. The van der Waals surface area contributed by atoms with Crippen molar-refractivity contribution in [2.45, 2.75) is 37.2 Å². The van der Waals surface area contributed by atoms with E-state index in [1.165, 1.54) is 15.6 Å². The van der Waals surface area contributed by atoms with Crippen LogP contribution in [0.2, 0.25) is 0 Å². The number of nitrogens with zero attached hydrogens (tertiary/aromatic N) is 4. The van der Waals surface area contributed by atoms with Gasteiger partial charge in [-0.05, 0) is 55.7 Å². The molecule has 38 heavy (non-hydrogen) atoms. The molecule has 0 aliphatic carbocycles. The molecule has 1 saturated heterocycles. The van der Waals surface area contributed by atoms with Gasteiger partial charge in [0.2, 0.25) is 15.9 Å². The number of pyridine rings is 1. The fourth-order valence-electron chi connectivity index (χ4n) is 4.60. The number of hydrogen-bond acceptors (Lipinski definition) is 8. The van der Waals surface area contributed by atoms with Crippen molar-refractivity contribution in [3.63, 3.8) is 0 Å². The fraction of sp³-hybridized carbons (Fsp3) is 0.296. The van der Waals surface area contributed by atoms with E-state index in [4.69, 9.17) is 14.5 Å². The molecule has 0 bridgehead atoms. The summed E-state index contributed by atoms with van der Waals surface area (Å²) in [6.07, 6.45) is 4.36.